The molecule has 0 fully saturated rings. The van der Waals surface area contributed by atoms with Gasteiger partial charge in [-0.05, 0) is 29.3 Å². The molecule has 0 spiro atoms. The van der Waals surface area contributed by atoms with Crippen LogP contribution >= 0.6 is 15.9 Å². The lowest BCUT2D eigenvalue weighted by Crippen LogP contribution is -1.99. The summed E-state index contributed by atoms with van der Waals surface area (Å²) in [7, 11) is 0. The number of fused-ring (bicyclic) bond motifs is 1. The first-order valence-electron chi connectivity index (χ1n) is 5.21. The van der Waals surface area contributed by atoms with Crippen molar-refractivity contribution in [3.8, 4) is 11.1 Å². The maximum Gasteiger partial charge on any atom is 0.323 e. The lowest BCUT2D eigenvalue weighted by Gasteiger charge is -2.04. The normalized spacial score (nSPS) is 10.9. The molecule has 0 saturated carbocycles. The molecular formula is C13H9BrN2O. The predicted molar refractivity (Wildman–Crippen MR) is 72.1 cm³/mol. The van der Waals surface area contributed by atoms with Gasteiger partial charge >= 0.3 is 5.69 Å². The lowest BCUT2D eigenvalue weighted by molar-refractivity contribution is 1.22. The molecule has 0 atom stereocenters. The second-order valence-corrected chi connectivity index (χ2v) is 4.67. The van der Waals surface area contributed by atoms with Gasteiger partial charge in [-0.2, -0.15) is 0 Å². The lowest BCUT2D eigenvalue weighted by atomic mass is 10.1. The standard InChI is InChI=1S/C13H9BrN2O/c14-10-4-2-1-3-9(10)8-5-6-11-12(7-8)16-13(17)15-11/h1-7H,(H2,15,16,17). The molecule has 1 aromatic heterocycles. The van der Waals surface area contributed by atoms with E-state index in [2.05, 4.69) is 25.9 Å². The van der Waals surface area contributed by atoms with Crippen LogP contribution in [0.25, 0.3) is 22.2 Å². The van der Waals surface area contributed by atoms with Crippen molar-refractivity contribution in [1.29, 1.82) is 0 Å². The van der Waals surface area contributed by atoms with Crippen LogP contribution in [0.3, 0.4) is 0 Å². The van der Waals surface area contributed by atoms with Crippen molar-refractivity contribution in [3.05, 3.63) is 57.4 Å². The number of aromatic amines is 2. The summed E-state index contributed by atoms with van der Waals surface area (Å²) in [5, 5.41) is 0. The number of hydrogen-bond donors (Lipinski definition) is 2. The van der Waals surface area contributed by atoms with Crippen LogP contribution in [0.15, 0.2) is 51.7 Å². The Morgan fingerprint density at radius 2 is 1.71 bits per heavy atom. The second-order valence-electron chi connectivity index (χ2n) is 3.82. The van der Waals surface area contributed by atoms with Crippen LogP contribution < -0.4 is 5.69 Å². The number of imidazole rings is 1. The van der Waals surface area contributed by atoms with Gasteiger partial charge in [0.05, 0.1) is 11.0 Å². The SMILES string of the molecule is O=c1[nH]c2ccc(-c3ccccc3Br)cc2[nH]1. The Balaban J connectivity index is 2.24. The smallest absolute Gasteiger partial charge is 0.306 e. The van der Waals surface area contributed by atoms with Crippen LogP contribution in [-0.2, 0) is 0 Å². The molecule has 1 heterocycles. The van der Waals surface area contributed by atoms with Gasteiger partial charge in [0.2, 0.25) is 0 Å². The van der Waals surface area contributed by atoms with Gasteiger partial charge in [0.15, 0.2) is 0 Å². The van der Waals surface area contributed by atoms with E-state index in [0.29, 0.717) is 0 Å². The summed E-state index contributed by atoms with van der Waals surface area (Å²) in [6.07, 6.45) is 0. The highest BCUT2D eigenvalue weighted by Crippen LogP contribution is 2.29. The van der Waals surface area contributed by atoms with E-state index in [0.717, 1.165) is 26.6 Å². The molecule has 0 aliphatic carbocycles. The fraction of sp³-hybridized carbons (Fsp3) is 0. The number of rotatable bonds is 1. The Bertz CT molecular complexity index is 742. The minimum absolute atomic E-state index is 0.177. The van der Waals surface area contributed by atoms with Crippen molar-refractivity contribution in [1.82, 2.24) is 9.97 Å². The topological polar surface area (TPSA) is 48.6 Å². The molecule has 0 bridgehead atoms. The van der Waals surface area contributed by atoms with Gasteiger partial charge in [-0.1, -0.05) is 40.2 Å². The van der Waals surface area contributed by atoms with Gasteiger partial charge in [-0.3, -0.25) is 0 Å². The third kappa shape index (κ3) is 1.80. The van der Waals surface area contributed by atoms with Crippen molar-refractivity contribution in [2.24, 2.45) is 0 Å². The van der Waals surface area contributed by atoms with Gasteiger partial charge in [0.1, 0.15) is 0 Å². The van der Waals surface area contributed by atoms with Crippen LogP contribution in [0.1, 0.15) is 0 Å². The average molecular weight is 289 g/mol. The van der Waals surface area contributed by atoms with Crippen LogP contribution in [-0.4, -0.2) is 9.97 Å². The summed E-state index contributed by atoms with van der Waals surface area (Å²) in [5.74, 6) is 0. The van der Waals surface area contributed by atoms with Crippen LogP contribution in [0.5, 0.6) is 0 Å². The van der Waals surface area contributed by atoms with Crippen molar-refractivity contribution in [3.63, 3.8) is 0 Å². The molecule has 2 N–H and O–H groups in total. The van der Waals surface area contributed by atoms with Crippen LogP contribution in [0, 0.1) is 0 Å². The number of nitrogens with one attached hydrogen (secondary N) is 2. The van der Waals surface area contributed by atoms with Crippen molar-refractivity contribution in [2.45, 2.75) is 0 Å². The average Bonchev–Trinajstić information content (AvgIpc) is 2.68. The zero-order valence-electron chi connectivity index (χ0n) is 8.83. The van der Waals surface area contributed by atoms with Crippen molar-refractivity contribution < 1.29 is 0 Å². The molecule has 3 nitrogen and oxygen atoms in total. The molecule has 0 aliphatic heterocycles. The molecule has 0 amide bonds. The maximum atomic E-state index is 11.2. The number of benzene rings is 2. The van der Waals surface area contributed by atoms with E-state index >= 15 is 0 Å². The summed E-state index contributed by atoms with van der Waals surface area (Å²) in [4.78, 5) is 16.7. The fourth-order valence-corrected chi connectivity index (χ4v) is 2.41. The minimum Gasteiger partial charge on any atom is -0.306 e. The fourth-order valence-electron chi connectivity index (χ4n) is 1.90. The van der Waals surface area contributed by atoms with Gasteiger partial charge in [0.25, 0.3) is 0 Å². The zero-order valence-corrected chi connectivity index (χ0v) is 10.4. The zero-order chi connectivity index (χ0) is 11.8. The number of hydrogen-bond acceptors (Lipinski definition) is 1. The molecule has 17 heavy (non-hydrogen) atoms. The van der Waals surface area contributed by atoms with E-state index in [4.69, 9.17) is 0 Å². The van der Waals surface area contributed by atoms with Gasteiger partial charge in [-0.25, -0.2) is 4.79 Å². The first kappa shape index (κ1) is 10.4. The number of halogens is 1. The molecule has 0 unspecified atom stereocenters. The van der Waals surface area contributed by atoms with Crippen LogP contribution in [0.4, 0.5) is 0 Å². The summed E-state index contributed by atoms with van der Waals surface area (Å²) < 4.78 is 1.04. The predicted octanol–water partition coefficient (Wildman–Crippen LogP) is 3.29. The van der Waals surface area contributed by atoms with E-state index < -0.39 is 0 Å². The van der Waals surface area contributed by atoms with Crippen LogP contribution in [0.2, 0.25) is 0 Å². The second kappa shape index (κ2) is 3.89. The van der Waals surface area contributed by atoms with E-state index in [1.165, 1.54) is 0 Å². The van der Waals surface area contributed by atoms with Gasteiger partial charge in [-0.15, -0.1) is 0 Å². The van der Waals surface area contributed by atoms with Gasteiger partial charge in [0, 0.05) is 4.47 Å². The maximum absolute atomic E-state index is 11.2. The van der Waals surface area contributed by atoms with Gasteiger partial charge < -0.3 is 9.97 Å². The molecule has 3 aromatic rings. The van der Waals surface area contributed by atoms with Crippen molar-refractivity contribution >= 4 is 27.0 Å². The third-order valence-electron chi connectivity index (χ3n) is 2.70. The highest BCUT2D eigenvalue weighted by molar-refractivity contribution is 9.10. The largest absolute Gasteiger partial charge is 0.323 e. The van der Waals surface area contributed by atoms with E-state index in [1.807, 2.05) is 42.5 Å². The summed E-state index contributed by atoms with van der Waals surface area (Å²) in [6.45, 7) is 0. The third-order valence-corrected chi connectivity index (χ3v) is 3.39. The van der Waals surface area contributed by atoms with E-state index in [1.54, 1.807) is 0 Å². The highest BCUT2D eigenvalue weighted by atomic mass is 79.9. The van der Waals surface area contributed by atoms with E-state index in [-0.39, 0.29) is 5.69 Å². The molecule has 0 radical (unpaired) electrons. The Morgan fingerprint density at radius 3 is 2.53 bits per heavy atom. The molecular weight excluding hydrogens is 280 g/mol. The molecule has 2 aromatic carbocycles. The summed E-state index contributed by atoms with van der Waals surface area (Å²) >= 11 is 3.52. The quantitative estimate of drug-likeness (QED) is 0.709. The highest BCUT2D eigenvalue weighted by Gasteiger charge is 2.04. The molecule has 0 saturated heterocycles. The van der Waals surface area contributed by atoms with E-state index in [9.17, 15) is 4.79 Å². The number of H-pyrrole nitrogens is 2. The Hall–Kier alpha value is -1.81. The monoisotopic (exact) mass is 288 g/mol. The number of aromatic nitrogens is 2. The molecule has 0 aliphatic rings. The Labute approximate surface area is 106 Å². The first-order chi connectivity index (χ1) is 8.24. The molecule has 84 valence electrons. The summed E-state index contributed by atoms with van der Waals surface area (Å²) in [6, 6.07) is 13.9. The molecule has 3 rings (SSSR count). The minimum atomic E-state index is -0.177. The summed E-state index contributed by atoms with van der Waals surface area (Å²) in [5.41, 5.74) is 3.65. The Kier molecular flexibility index (Phi) is 2.37. The molecule has 4 heteroatoms. The first-order valence-corrected chi connectivity index (χ1v) is 6.00. The van der Waals surface area contributed by atoms with Crippen molar-refractivity contribution in [2.75, 3.05) is 0 Å². The Morgan fingerprint density at radius 1 is 0.941 bits per heavy atom.